The number of nitrogens with two attached hydrogens (primary N) is 1. The fraction of sp³-hybridized carbons (Fsp3) is 0.455. The summed E-state index contributed by atoms with van der Waals surface area (Å²) in [6.07, 6.45) is 1.07. The molecule has 0 saturated heterocycles. The lowest BCUT2D eigenvalue weighted by Gasteiger charge is -2.13. The van der Waals surface area contributed by atoms with Gasteiger partial charge in [0.15, 0.2) is 0 Å². The predicted molar refractivity (Wildman–Crippen MR) is 54.3 cm³/mol. The lowest BCUT2D eigenvalue weighted by molar-refractivity contribution is 0.848. The van der Waals surface area contributed by atoms with Gasteiger partial charge in [0.25, 0.3) is 0 Å². The van der Waals surface area contributed by atoms with Crippen molar-refractivity contribution in [3.8, 4) is 0 Å². The van der Waals surface area contributed by atoms with Crippen LogP contribution in [0, 0.1) is 0 Å². The van der Waals surface area contributed by atoms with Crippen molar-refractivity contribution in [1.29, 1.82) is 0 Å². The Morgan fingerprint density at radius 1 is 1.33 bits per heavy atom. The lowest BCUT2D eigenvalue weighted by atomic mass is 9.94. The van der Waals surface area contributed by atoms with Gasteiger partial charge in [0.1, 0.15) is 0 Å². The molecule has 12 heavy (non-hydrogen) atoms. The maximum Gasteiger partial charge on any atom is 0.0351 e. The van der Waals surface area contributed by atoms with Gasteiger partial charge in [-0.2, -0.15) is 0 Å². The number of aryl methyl sites for hydroxylation is 1. The fourth-order valence-electron chi connectivity index (χ4n) is 1.65. The van der Waals surface area contributed by atoms with Gasteiger partial charge >= 0.3 is 0 Å². The molecule has 0 saturated carbocycles. The van der Waals surface area contributed by atoms with E-state index in [0.29, 0.717) is 5.92 Å². The molecule has 0 aliphatic carbocycles. The molecule has 0 atom stereocenters. The molecule has 1 nitrogen and oxygen atoms in total. The molecule has 0 aliphatic heterocycles. The van der Waals surface area contributed by atoms with Crippen molar-refractivity contribution in [3.05, 3.63) is 29.3 Å². The smallest absolute Gasteiger partial charge is 0.0351 e. The van der Waals surface area contributed by atoms with Crippen LogP contribution in [0.5, 0.6) is 0 Å². The largest absolute Gasteiger partial charge is 0.398 e. The topological polar surface area (TPSA) is 26.0 Å². The monoisotopic (exact) mass is 163 g/mol. The summed E-state index contributed by atoms with van der Waals surface area (Å²) in [7, 11) is 0. The maximum atomic E-state index is 5.90. The molecule has 0 amide bonds. The van der Waals surface area contributed by atoms with Crippen LogP contribution in [0.1, 0.15) is 37.8 Å². The van der Waals surface area contributed by atoms with Crippen LogP contribution in [0.2, 0.25) is 0 Å². The van der Waals surface area contributed by atoms with Gasteiger partial charge in [-0.3, -0.25) is 0 Å². The van der Waals surface area contributed by atoms with Crippen LogP contribution in [-0.4, -0.2) is 0 Å². The Bertz CT molecular complexity index is 264. The summed E-state index contributed by atoms with van der Waals surface area (Å²) in [6.45, 7) is 6.54. The molecule has 1 rings (SSSR count). The van der Waals surface area contributed by atoms with Crippen LogP contribution in [-0.2, 0) is 6.42 Å². The van der Waals surface area contributed by atoms with Crippen molar-refractivity contribution in [3.63, 3.8) is 0 Å². The summed E-state index contributed by atoms with van der Waals surface area (Å²) in [6, 6.07) is 6.17. The number of rotatable bonds is 2. The minimum absolute atomic E-state index is 0.529. The van der Waals surface area contributed by atoms with E-state index in [2.05, 4.69) is 26.8 Å². The third-order valence-corrected chi connectivity index (χ3v) is 2.19. The summed E-state index contributed by atoms with van der Waals surface area (Å²) < 4.78 is 0. The van der Waals surface area contributed by atoms with E-state index in [1.807, 2.05) is 12.1 Å². The highest BCUT2D eigenvalue weighted by molar-refractivity contribution is 5.52. The molecule has 1 aromatic rings. The van der Waals surface area contributed by atoms with Crippen molar-refractivity contribution >= 4 is 5.69 Å². The van der Waals surface area contributed by atoms with Crippen LogP contribution in [0.3, 0.4) is 0 Å². The van der Waals surface area contributed by atoms with E-state index in [1.54, 1.807) is 0 Å². The van der Waals surface area contributed by atoms with Crippen molar-refractivity contribution in [2.45, 2.75) is 33.1 Å². The van der Waals surface area contributed by atoms with E-state index >= 15 is 0 Å². The van der Waals surface area contributed by atoms with E-state index in [0.717, 1.165) is 12.1 Å². The van der Waals surface area contributed by atoms with Crippen LogP contribution in [0.15, 0.2) is 18.2 Å². The highest BCUT2D eigenvalue weighted by Gasteiger charge is 2.07. The SMILES string of the molecule is CCc1cccc(N)c1C(C)C. The van der Waals surface area contributed by atoms with Gasteiger partial charge in [0.05, 0.1) is 0 Å². The van der Waals surface area contributed by atoms with Gasteiger partial charge < -0.3 is 5.73 Å². The Hall–Kier alpha value is -0.980. The third-order valence-electron chi connectivity index (χ3n) is 2.19. The summed E-state index contributed by atoms with van der Waals surface area (Å²) in [4.78, 5) is 0. The van der Waals surface area contributed by atoms with Crippen molar-refractivity contribution in [2.75, 3.05) is 5.73 Å². The summed E-state index contributed by atoms with van der Waals surface area (Å²) >= 11 is 0. The van der Waals surface area contributed by atoms with Crippen LogP contribution in [0.25, 0.3) is 0 Å². The van der Waals surface area contributed by atoms with Gasteiger partial charge in [-0.15, -0.1) is 0 Å². The molecular formula is C11H17N. The molecule has 0 aromatic heterocycles. The molecule has 0 spiro atoms. The summed E-state index contributed by atoms with van der Waals surface area (Å²) in [5.74, 6) is 0.529. The number of benzene rings is 1. The van der Waals surface area contributed by atoms with E-state index in [9.17, 15) is 0 Å². The Morgan fingerprint density at radius 3 is 2.42 bits per heavy atom. The number of hydrogen-bond acceptors (Lipinski definition) is 1. The zero-order valence-electron chi connectivity index (χ0n) is 8.09. The highest BCUT2D eigenvalue weighted by atomic mass is 14.6. The quantitative estimate of drug-likeness (QED) is 0.666. The van der Waals surface area contributed by atoms with Gasteiger partial charge in [0, 0.05) is 5.69 Å². The average Bonchev–Trinajstić information content (AvgIpc) is 2.03. The molecule has 0 unspecified atom stereocenters. The zero-order valence-corrected chi connectivity index (χ0v) is 8.09. The van der Waals surface area contributed by atoms with E-state index in [-0.39, 0.29) is 0 Å². The Morgan fingerprint density at radius 2 is 2.00 bits per heavy atom. The standard InChI is InChI=1S/C11H17N/c1-4-9-6-5-7-10(12)11(9)8(2)3/h5-8H,4,12H2,1-3H3. The van der Waals surface area contributed by atoms with E-state index in [4.69, 9.17) is 5.73 Å². The number of anilines is 1. The van der Waals surface area contributed by atoms with Crippen molar-refractivity contribution in [2.24, 2.45) is 0 Å². The minimum Gasteiger partial charge on any atom is -0.398 e. The Balaban J connectivity index is 3.20. The first kappa shape index (κ1) is 9.11. The van der Waals surface area contributed by atoms with Crippen LogP contribution in [0.4, 0.5) is 5.69 Å². The molecule has 1 heteroatoms. The van der Waals surface area contributed by atoms with Gasteiger partial charge in [-0.25, -0.2) is 0 Å². The second-order valence-corrected chi connectivity index (χ2v) is 3.43. The third kappa shape index (κ3) is 1.60. The summed E-state index contributed by atoms with van der Waals surface area (Å²) in [5, 5.41) is 0. The van der Waals surface area contributed by atoms with Crippen molar-refractivity contribution in [1.82, 2.24) is 0 Å². The lowest BCUT2D eigenvalue weighted by Crippen LogP contribution is -2.00. The highest BCUT2D eigenvalue weighted by Crippen LogP contribution is 2.25. The van der Waals surface area contributed by atoms with E-state index < -0.39 is 0 Å². The minimum atomic E-state index is 0.529. The first-order valence-corrected chi connectivity index (χ1v) is 4.54. The molecule has 0 aliphatic rings. The van der Waals surface area contributed by atoms with E-state index in [1.165, 1.54) is 11.1 Å². The molecule has 1 aromatic carbocycles. The zero-order chi connectivity index (χ0) is 9.14. The molecule has 2 N–H and O–H groups in total. The molecular weight excluding hydrogens is 146 g/mol. The second-order valence-electron chi connectivity index (χ2n) is 3.43. The Labute approximate surface area is 74.6 Å². The molecule has 0 radical (unpaired) electrons. The van der Waals surface area contributed by atoms with Crippen LogP contribution >= 0.6 is 0 Å². The number of hydrogen-bond donors (Lipinski definition) is 1. The maximum absolute atomic E-state index is 5.90. The molecule has 66 valence electrons. The molecule has 0 bridgehead atoms. The Kier molecular flexibility index (Phi) is 2.74. The van der Waals surface area contributed by atoms with Crippen molar-refractivity contribution < 1.29 is 0 Å². The van der Waals surface area contributed by atoms with Gasteiger partial charge in [-0.05, 0) is 29.5 Å². The average molecular weight is 163 g/mol. The van der Waals surface area contributed by atoms with Gasteiger partial charge in [-0.1, -0.05) is 32.9 Å². The van der Waals surface area contributed by atoms with Crippen LogP contribution < -0.4 is 5.73 Å². The molecule has 0 fully saturated rings. The number of nitrogen functional groups attached to an aromatic ring is 1. The molecule has 0 heterocycles. The second kappa shape index (κ2) is 3.61. The summed E-state index contributed by atoms with van der Waals surface area (Å²) in [5.41, 5.74) is 9.53. The normalized spacial score (nSPS) is 10.7. The first-order valence-electron chi connectivity index (χ1n) is 4.54. The first-order chi connectivity index (χ1) is 5.66. The fourth-order valence-corrected chi connectivity index (χ4v) is 1.65. The predicted octanol–water partition coefficient (Wildman–Crippen LogP) is 2.95. The van der Waals surface area contributed by atoms with Gasteiger partial charge in [0.2, 0.25) is 0 Å².